The van der Waals surface area contributed by atoms with E-state index in [0.29, 0.717) is 13.0 Å². The lowest BCUT2D eigenvalue weighted by Crippen LogP contribution is -2.28. The lowest BCUT2D eigenvalue weighted by molar-refractivity contribution is -0.118. The number of carbonyl (C=O) groups is 2. The van der Waals surface area contributed by atoms with Gasteiger partial charge in [0.25, 0.3) is 0 Å². The molecule has 0 N–H and O–H groups in total. The van der Waals surface area contributed by atoms with Gasteiger partial charge < -0.3 is 9.64 Å². The van der Waals surface area contributed by atoms with E-state index in [2.05, 4.69) is 0 Å². The Morgan fingerprint density at radius 3 is 2.86 bits per heavy atom. The summed E-state index contributed by atoms with van der Waals surface area (Å²) in [6.07, 6.45) is 1.88. The van der Waals surface area contributed by atoms with Crippen molar-refractivity contribution in [2.75, 3.05) is 22.9 Å². The number of hydrogen-bond acceptors (Lipinski definition) is 3. The van der Waals surface area contributed by atoms with Crippen molar-refractivity contribution < 1.29 is 14.3 Å². The Hall–Kier alpha value is -2.04. The van der Waals surface area contributed by atoms with Gasteiger partial charge in [-0.05, 0) is 36.6 Å². The number of ether oxygens (including phenoxy) is 1. The van der Waals surface area contributed by atoms with E-state index in [-0.39, 0.29) is 18.1 Å². The molecule has 112 valence electrons. The highest BCUT2D eigenvalue weighted by Crippen LogP contribution is 2.33. The van der Waals surface area contributed by atoms with Crippen LogP contribution in [-0.4, -0.2) is 31.2 Å². The van der Waals surface area contributed by atoms with Crippen LogP contribution in [0.15, 0.2) is 18.2 Å². The molecule has 0 spiro atoms. The SMILES string of the molecule is CCC(=O)N1CCc2cc(N3CC(CC)OC3=O)ccc21. The average Bonchev–Trinajstić information content (AvgIpc) is 3.09. The molecule has 5 heteroatoms. The lowest BCUT2D eigenvalue weighted by atomic mass is 10.1. The van der Waals surface area contributed by atoms with Crippen molar-refractivity contribution in [3.8, 4) is 0 Å². The molecule has 0 aromatic heterocycles. The molecule has 21 heavy (non-hydrogen) atoms. The lowest BCUT2D eigenvalue weighted by Gasteiger charge is -2.18. The second kappa shape index (κ2) is 5.39. The van der Waals surface area contributed by atoms with Crippen LogP contribution in [0.4, 0.5) is 16.2 Å². The fourth-order valence-corrected chi connectivity index (χ4v) is 2.95. The maximum Gasteiger partial charge on any atom is 0.414 e. The molecule has 1 aromatic carbocycles. The monoisotopic (exact) mass is 288 g/mol. The predicted molar refractivity (Wildman–Crippen MR) is 80.7 cm³/mol. The van der Waals surface area contributed by atoms with Gasteiger partial charge in [-0.1, -0.05) is 13.8 Å². The van der Waals surface area contributed by atoms with Gasteiger partial charge in [0.1, 0.15) is 6.10 Å². The van der Waals surface area contributed by atoms with Gasteiger partial charge in [-0.15, -0.1) is 0 Å². The third kappa shape index (κ3) is 2.37. The topological polar surface area (TPSA) is 49.9 Å². The molecule has 1 unspecified atom stereocenters. The number of fused-ring (bicyclic) bond motifs is 1. The van der Waals surface area contributed by atoms with E-state index in [9.17, 15) is 9.59 Å². The van der Waals surface area contributed by atoms with Crippen LogP contribution in [0.5, 0.6) is 0 Å². The first kappa shape index (κ1) is 13.9. The number of nitrogens with zero attached hydrogens (tertiary/aromatic N) is 2. The summed E-state index contributed by atoms with van der Waals surface area (Å²) in [5.74, 6) is 0.146. The Balaban J connectivity index is 1.85. The summed E-state index contributed by atoms with van der Waals surface area (Å²) in [6, 6.07) is 5.86. The van der Waals surface area contributed by atoms with Crippen LogP contribution in [0, 0.1) is 0 Å². The fraction of sp³-hybridized carbons (Fsp3) is 0.500. The van der Waals surface area contributed by atoms with Crippen LogP contribution < -0.4 is 9.80 Å². The minimum atomic E-state index is -0.277. The normalized spacial score (nSPS) is 20.7. The van der Waals surface area contributed by atoms with E-state index in [1.165, 1.54) is 0 Å². The minimum Gasteiger partial charge on any atom is -0.444 e. The van der Waals surface area contributed by atoms with E-state index < -0.39 is 0 Å². The van der Waals surface area contributed by atoms with Crippen LogP contribution in [0.3, 0.4) is 0 Å². The van der Waals surface area contributed by atoms with Crippen LogP contribution >= 0.6 is 0 Å². The van der Waals surface area contributed by atoms with E-state index in [0.717, 1.165) is 36.3 Å². The molecule has 0 bridgehead atoms. The van der Waals surface area contributed by atoms with Gasteiger partial charge in [0, 0.05) is 24.3 Å². The molecule has 2 amide bonds. The number of cyclic esters (lactones) is 1. The first-order chi connectivity index (χ1) is 10.1. The summed E-state index contributed by atoms with van der Waals surface area (Å²) < 4.78 is 5.30. The zero-order valence-corrected chi connectivity index (χ0v) is 12.5. The summed E-state index contributed by atoms with van der Waals surface area (Å²) in [4.78, 5) is 27.3. The Morgan fingerprint density at radius 2 is 2.19 bits per heavy atom. The molecule has 0 radical (unpaired) electrons. The Morgan fingerprint density at radius 1 is 1.38 bits per heavy atom. The van der Waals surface area contributed by atoms with Gasteiger partial charge in [0.15, 0.2) is 0 Å². The molecule has 2 heterocycles. The molecular formula is C16H20N2O3. The smallest absolute Gasteiger partial charge is 0.414 e. The number of benzene rings is 1. The summed E-state index contributed by atoms with van der Waals surface area (Å²) >= 11 is 0. The van der Waals surface area contributed by atoms with Crippen molar-refractivity contribution in [2.45, 2.75) is 39.2 Å². The average molecular weight is 288 g/mol. The highest BCUT2D eigenvalue weighted by molar-refractivity contribution is 5.96. The maximum atomic E-state index is 11.9. The molecule has 3 rings (SSSR count). The molecule has 0 aliphatic carbocycles. The Kier molecular flexibility index (Phi) is 3.57. The summed E-state index contributed by atoms with van der Waals surface area (Å²) in [5.41, 5.74) is 2.97. The summed E-state index contributed by atoms with van der Waals surface area (Å²) in [6.45, 7) is 5.22. The van der Waals surface area contributed by atoms with Crippen molar-refractivity contribution in [1.29, 1.82) is 0 Å². The van der Waals surface area contributed by atoms with E-state index in [1.807, 2.05) is 36.9 Å². The van der Waals surface area contributed by atoms with Gasteiger partial charge in [0.05, 0.1) is 6.54 Å². The molecule has 1 saturated heterocycles. The number of hydrogen-bond donors (Lipinski definition) is 0. The Labute approximate surface area is 124 Å². The highest BCUT2D eigenvalue weighted by Gasteiger charge is 2.32. The van der Waals surface area contributed by atoms with Crippen molar-refractivity contribution >= 4 is 23.4 Å². The zero-order chi connectivity index (χ0) is 15.0. The van der Waals surface area contributed by atoms with E-state index >= 15 is 0 Å². The number of amides is 2. The van der Waals surface area contributed by atoms with E-state index in [1.54, 1.807) is 4.90 Å². The maximum absolute atomic E-state index is 11.9. The molecule has 2 aliphatic rings. The minimum absolute atomic E-state index is 0.0241. The van der Waals surface area contributed by atoms with Gasteiger partial charge >= 0.3 is 6.09 Å². The standard InChI is InChI=1S/C16H20N2O3/c1-3-13-10-18(16(20)21-13)12-5-6-14-11(9-12)7-8-17(14)15(19)4-2/h5-6,9,13H,3-4,7-8,10H2,1-2H3. The number of carbonyl (C=O) groups excluding carboxylic acids is 2. The first-order valence-corrected chi connectivity index (χ1v) is 7.55. The van der Waals surface area contributed by atoms with Crippen LogP contribution in [0.2, 0.25) is 0 Å². The first-order valence-electron chi connectivity index (χ1n) is 7.55. The fourth-order valence-electron chi connectivity index (χ4n) is 2.95. The molecular weight excluding hydrogens is 268 g/mol. The third-order valence-electron chi connectivity index (χ3n) is 4.20. The molecule has 0 saturated carbocycles. The second-order valence-electron chi connectivity index (χ2n) is 5.49. The van der Waals surface area contributed by atoms with Gasteiger partial charge in [-0.25, -0.2) is 4.79 Å². The van der Waals surface area contributed by atoms with Gasteiger partial charge in [-0.3, -0.25) is 9.69 Å². The van der Waals surface area contributed by atoms with Crippen molar-refractivity contribution in [3.05, 3.63) is 23.8 Å². The largest absolute Gasteiger partial charge is 0.444 e. The molecule has 5 nitrogen and oxygen atoms in total. The molecule has 1 aromatic rings. The number of rotatable bonds is 3. The highest BCUT2D eigenvalue weighted by atomic mass is 16.6. The predicted octanol–water partition coefficient (Wildman–Crippen LogP) is 2.72. The Bertz CT molecular complexity index is 585. The molecule has 1 atom stereocenters. The van der Waals surface area contributed by atoms with Crippen molar-refractivity contribution in [1.82, 2.24) is 0 Å². The summed E-state index contributed by atoms with van der Waals surface area (Å²) in [5, 5.41) is 0. The van der Waals surface area contributed by atoms with Crippen LogP contribution in [0.25, 0.3) is 0 Å². The van der Waals surface area contributed by atoms with Crippen molar-refractivity contribution in [3.63, 3.8) is 0 Å². The third-order valence-corrected chi connectivity index (χ3v) is 4.20. The van der Waals surface area contributed by atoms with Gasteiger partial charge in [-0.2, -0.15) is 0 Å². The summed E-state index contributed by atoms with van der Waals surface area (Å²) in [7, 11) is 0. The molecule has 2 aliphatic heterocycles. The van der Waals surface area contributed by atoms with Crippen LogP contribution in [-0.2, 0) is 16.0 Å². The van der Waals surface area contributed by atoms with Crippen molar-refractivity contribution in [2.24, 2.45) is 0 Å². The molecule has 1 fully saturated rings. The quantitative estimate of drug-likeness (QED) is 0.859. The van der Waals surface area contributed by atoms with Crippen LogP contribution in [0.1, 0.15) is 32.3 Å². The second-order valence-corrected chi connectivity index (χ2v) is 5.49. The van der Waals surface area contributed by atoms with Gasteiger partial charge in [0.2, 0.25) is 5.91 Å². The number of anilines is 2. The zero-order valence-electron chi connectivity index (χ0n) is 12.5. The van der Waals surface area contributed by atoms with E-state index in [4.69, 9.17) is 4.74 Å².